The number of nitrogens with zero attached hydrogens (tertiary/aromatic N) is 4. The van der Waals surface area contributed by atoms with E-state index in [1.54, 1.807) is 24.7 Å². The van der Waals surface area contributed by atoms with Gasteiger partial charge in [-0.1, -0.05) is 17.7 Å². The number of nitrogens with one attached hydrogen (secondary N) is 2. The molecule has 1 aromatic carbocycles. The zero-order chi connectivity index (χ0) is 21.1. The van der Waals surface area contributed by atoms with Crippen LogP contribution in [0.25, 0.3) is 11.2 Å². The highest BCUT2D eigenvalue weighted by Crippen LogP contribution is 2.17. The molecule has 10 heteroatoms. The van der Waals surface area contributed by atoms with Crippen LogP contribution in [0, 0.1) is 0 Å². The molecular formula is C19H21ClN6O3. The van der Waals surface area contributed by atoms with Gasteiger partial charge in [-0.15, -0.1) is 0 Å². The van der Waals surface area contributed by atoms with Gasteiger partial charge < -0.3 is 4.74 Å². The molecule has 0 aliphatic carbocycles. The fraction of sp³-hybridized carbons (Fsp3) is 0.263. The van der Waals surface area contributed by atoms with Gasteiger partial charge in [0.2, 0.25) is 5.95 Å². The highest BCUT2D eigenvalue weighted by molar-refractivity contribution is 6.29. The van der Waals surface area contributed by atoms with Crippen LogP contribution in [0.4, 0.5) is 5.95 Å². The Morgan fingerprint density at radius 3 is 2.62 bits per heavy atom. The van der Waals surface area contributed by atoms with Crippen molar-refractivity contribution in [3.05, 3.63) is 61.8 Å². The smallest absolute Gasteiger partial charge is 0.329 e. The molecule has 0 aliphatic rings. The van der Waals surface area contributed by atoms with Gasteiger partial charge in [-0.2, -0.15) is 10.1 Å². The molecule has 0 saturated heterocycles. The van der Waals surface area contributed by atoms with Crippen molar-refractivity contribution in [2.24, 2.45) is 12.1 Å². The van der Waals surface area contributed by atoms with E-state index in [0.29, 0.717) is 16.7 Å². The van der Waals surface area contributed by atoms with Gasteiger partial charge >= 0.3 is 5.69 Å². The number of aryl methyl sites for hydroxylation is 1. The van der Waals surface area contributed by atoms with E-state index >= 15 is 0 Å². The Labute approximate surface area is 171 Å². The minimum absolute atomic E-state index is 0.249. The van der Waals surface area contributed by atoms with Gasteiger partial charge in [0.25, 0.3) is 5.56 Å². The van der Waals surface area contributed by atoms with E-state index in [1.807, 2.05) is 31.2 Å². The second-order valence-electron chi connectivity index (χ2n) is 6.36. The quantitative estimate of drug-likeness (QED) is 0.474. The maximum Gasteiger partial charge on any atom is 0.329 e. The van der Waals surface area contributed by atoms with Gasteiger partial charge in [0.1, 0.15) is 5.75 Å². The lowest BCUT2D eigenvalue weighted by Gasteiger charge is -2.07. The van der Waals surface area contributed by atoms with Crippen LogP contribution in [0.1, 0.15) is 19.4 Å². The average Bonchev–Trinajstić information content (AvgIpc) is 3.08. The first-order valence-electron chi connectivity index (χ1n) is 8.78. The zero-order valence-electron chi connectivity index (χ0n) is 16.5. The van der Waals surface area contributed by atoms with Gasteiger partial charge in [0, 0.05) is 18.6 Å². The van der Waals surface area contributed by atoms with Gasteiger partial charge in [-0.25, -0.2) is 10.2 Å². The van der Waals surface area contributed by atoms with Crippen LogP contribution in [-0.4, -0.2) is 31.9 Å². The van der Waals surface area contributed by atoms with Crippen molar-refractivity contribution in [3.63, 3.8) is 0 Å². The van der Waals surface area contributed by atoms with E-state index in [9.17, 15) is 9.59 Å². The van der Waals surface area contributed by atoms with Crippen molar-refractivity contribution >= 4 is 34.4 Å². The number of ether oxygens (including phenoxy) is 1. The van der Waals surface area contributed by atoms with Crippen LogP contribution in [0.15, 0.2) is 50.1 Å². The number of hydrogen-bond acceptors (Lipinski definition) is 6. The van der Waals surface area contributed by atoms with Crippen LogP contribution in [0.2, 0.25) is 0 Å². The summed E-state index contributed by atoms with van der Waals surface area (Å²) in [6.45, 7) is 3.86. The molecule has 0 amide bonds. The third kappa shape index (κ3) is 4.24. The van der Waals surface area contributed by atoms with Gasteiger partial charge in [0.15, 0.2) is 11.2 Å². The molecule has 0 fully saturated rings. The first-order chi connectivity index (χ1) is 13.8. The molecule has 152 valence electrons. The van der Waals surface area contributed by atoms with Crippen molar-refractivity contribution in [2.75, 3.05) is 12.5 Å². The molecule has 2 heterocycles. The number of H-pyrrole nitrogens is 1. The van der Waals surface area contributed by atoms with Crippen LogP contribution >= 0.6 is 11.6 Å². The lowest BCUT2D eigenvalue weighted by molar-refractivity contribution is 0.415. The van der Waals surface area contributed by atoms with E-state index in [0.717, 1.165) is 11.3 Å². The predicted octanol–water partition coefficient (Wildman–Crippen LogP) is 2.41. The van der Waals surface area contributed by atoms with Crippen LogP contribution in [0.3, 0.4) is 0 Å². The third-order valence-electron chi connectivity index (χ3n) is 4.39. The summed E-state index contributed by atoms with van der Waals surface area (Å²) >= 11 is 5.95. The second kappa shape index (κ2) is 8.36. The third-order valence-corrected chi connectivity index (χ3v) is 4.55. The Kier molecular flexibility index (Phi) is 5.88. The summed E-state index contributed by atoms with van der Waals surface area (Å²) < 4.78 is 8.05. The molecule has 0 unspecified atom stereocenters. The summed E-state index contributed by atoms with van der Waals surface area (Å²) in [4.78, 5) is 31.0. The first-order valence-corrected chi connectivity index (χ1v) is 9.16. The normalized spacial score (nSPS) is 12.4. The average molecular weight is 417 g/mol. The number of aromatic amines is 1. The largest absolute Gasteiger partial charge is 0.497 e. The number of fused-ring (bicyclic) bond motifs is 1. The van der Waals surface area contributed by atoms with E-state index in [-0.39, 0.29) is 17.7 Å². The summed E-state index contributed by atoms with van der Waals surface area (Å²) in [6, 6.07) is 7.45. The first kappa shape index (κ1) is 20.4. The van der Waals surface area contributed by atoms with E-state index in [1.165, 1.54) is 11.6 Å². The fourth-order valence-electron chi connectivity index (χ4n) is 2.75. The number of halogens is 1. The van der Waals surface area contributed by atoms with Crippen molar-refractivity contribution < 1.29 is 4.74 Å². The number of hydrogen-bond donors (Lipinski definition) is 2. The maximum absolute atomic E-state index is 12.4. The van der Waals surface area contributed by atoms with Gasteiger partial charge in [-0.05, 0) is 43.7 Å². The summed E-state index contributed by atoms with van der Waals surface area (Å²) in [5, 5.41) is 4.94. The topological polar surface area (TPSA) is 106 Å². The summed E-state index contributed by atoms with van der Waals surface area (Å²) in [7, 11) is 3.14. The Balaban J connectivity index is 2.05. The molecular weight excluding hydrogens is 396 g/mol. The fourth-order valence-corrected chi connectivity index (χ4v) is 2.81. The molecule has 2 aromatic heterocycles. The molecule has 0 bridgehead atoms. The Morgan fingerprint density at radius 1 is 1.31 bits per heavy atom. The molecule has 0 atom stereocenters. The number of allylic oxidation sites excluding steroid dienone is 2. The summed E-state index contributed by atoms with van der Waals surface area (Å²) in [5.74, 6) is 1.06. The molecule has 0 radical (unpaired) electrons. The lowest BCUT2D eigenvalue weighted by atomic mass is 10.1. The zero-order valence-corrected chi connectivity index (χ0v) is 17.2. The number of benzene rings is 1. The minimum atomic E-state index is -0.541. The van der Waals surface area contributed by atoms with Crippen LogP contribution < -0.4 is 21.4 Å². The minimum Gasteiger partial charge on any atom is -0.497 e. The number of hydrazone groups is 1. The highest BCUT2D eigenvalue weighted by Gasteiger charge is 2.16. The molecule has 0 spiro atoms. The maximum atomic E-state index is 12.4. The molecule has 3 rings (SSSR count). The lowest BCUT2D eigenvalue weighted by Crippen LogP contribution is -2.29. The molecule has 2 N–H and O–H groups in total. The monoisotopic (exact) mass is 416 g/mol. The van der Waals surface area contributed by atoms with Crippen LogP contribution in [-0.2, 0) is 13.6 Å². The Morgan fingerprint density at radius 2 is 2.00 bits per heavy atom. The van der Waals surface area contributed by atoms with Gasteiger partial charge in [0.05, 0.1) is 12.8 Å². The summed E-state index contributed by atoms with van der Waals surface area (Å²) in [6.07, 6.45) is 1.73. The highest BCUT2D eigenvalue weighted by atomic mass is 35.5. The number of aromatic nitrogens is 4. The number of imidazole rings is 1. The number of anilines is 1. The SMILES string of the molecule is COc1ccc(C(C)=NNc2nc3c(c(=O)[nH]c(=O)n3C)n2C/C=C(/C)Cl)cc1. The van der Waals surface area contributed by atoms with Crippen molar-refractivity contribution in [1.29, 1.82) is 0 Å². The van der Waals surface area contributed by atoms with Gasteiger partial charge in [-0.3, -0.25) is 18.9 Å². The standard InChI is InChI=1S/C19H21ClN6O3/c1-11(20)9-10-26-15-16(25(3)19(28)22-17(15)27)21-18(26)24-23-12(2)13-5-7-14(29-4)8-6-13/h5-9H,10H2,1-4H3,(H,21,24)(H,22,27,28)/b11-9-,23-12?. The summed E-state index contributed by atoms with van der Waals surface area (Å²) in [5.41, 5.74) is 3.92. The number of rotatable bonds is 6. The Hall–Kier alpha value is -3.33. The molecule has 3 aromatic rings. The second-order valence-corrected chi connectivity index (χ2v) is 6.96. The molecule has 9 nitrogen and oxygen atoms in total. The van der Waals surface area contributed by atoms with Crippen LogP contribution in [0.5, 0.6) is 5.75 Å². The molecule has 29 heavy (non-hydrogen) atoms. The predicted molar refractivity (Wildman–Crippen MR) is 114 cm³/mol. The van der Waals surface area contributed by atoms with Crippen molar-refractivity contribution in [3.8, 4) is 5.75 Å². The van der Waals surface area contributed by atoms with E-state index < -0.39 is 11.2 Å². The molecule has 0 aliphatic heterocycles. The van der Waals surface area contributed by atoms with E-state index in [2.05, 4.69) is 20.5 Å². The van der Waals surface area contributed by atoms with Crippen molar-refractivity contribution in [2.45, 2.75) is 20.4 Å². The van der Waals surface area contributed by atoms with E-state index in [4.69, 9.17) is 16.3 Å². The van der Waals surface area contributed by atoms with Crippen molar-refractivity contribution in [1.82, 2.24) is 19.1 Å². The molecule has 0 saturated carbocycles. The Bertz CT molecular complexity index is 1210. The number of methoxy groups -OCH3 is 1.